The number of benzene rings is 2. The van der Waals surface area contributed by atoms with E-state index in [2.05, 4.69) is 0 Å². The zero-order valence-corrected chi connectivity index (χ0v) is 25.3. The second-order valence-electron chi connectivity index (χ2n) is 10.7. The highest BCUT2D eigenvalue weighted by Crippen LogP contribution is 2.37. The predicted molar refractivity (Wildman–Crippen MR) is 156 cm³/mol. The third kappa shape index (κ3) is 7.97. The lowest BCUT2D eigenvalue weighted by atomic mass is 10.1. The summed E-state index contributed by atoms with van der Waals surface area (Å²) in [5.41, 5.74) is 3.96. The lowest BCUT2D eigenvalue weighted by Crippen LogP contribution is -2.27. The summed E-state index contributed by atoms with van der Waals surface area (Å²) in [6, 6.07) is 7.61. The molecule has 4 rings (SSSR count). The van der Waals surface area contributed by atoms with Crippen molar-refractivity contribution in [1.82, 2.24) is 9.80 Å². The molecule has 0 spiro atoms. The average molecular weight is 597 g/mol. The smallest absolute Gasteiger partial charge is 0.306 e. The van der Waals surface area contributed by atoms with Crippen molar-refractivity contribution in [1.29, 1.82) is 0 Å². The molecule has 2 aromatic carbocycles. The quantitative estimate of drug-likeness (QED) is 0.172. The van der Waals surface area contributed by atoms with Crippen LogP contribution in [0.1, 0.15) is 61.8 Å². The largest absolute Gasteiger partial charge is 0.493 e. The molecule has 0 bridgehead atoms. The lowest BCUT2D eigenvalue weighted by molar-refractivity contribution is -0.145. The van der Waals surface area contributed by atoms with Crippen molar-refractivity contribution in [3.05, 3.63) is 46.5 Å². The Hall–Kier alpha value is -4.28. The fraction of sp³-hybridized carbons (Fsp3) is 0.500. The highest BCUT2D eigenvalue weighted by Gasteiger charge is 2.27. The van der Waals surface area contributed by atoms with Gasteiger partial charge in [-0.1, -0.05) is 6.92 Å². The first-order chi connectivity index (χ1) is 20.8. The molecule has 0 saturated heterocycles. The standard InChI is InChI=1S/C32H40N2O9/c1-5-41-32(38)8-7-30(36)33-16-22-12-26(39-3)28(14-24(22)17-33)42-9-6-10-43-29-15-25-19-34(31(37)11-21(2)20-35)18-23(25)13-27(29)40-4/h12-15,20-21H,5-11,16-19H2,1-4H3/t21-/m0/s1. The molecule has 232 valence electrons. The fourth-order valence-corrected chi connectivity index (χ4v) is 5.18. The van der Waals surface area contributed by atoms with E-state index in [4.69, 9.17) is 23.7 Å². The van der Waals surface area contributed by atoms with Crippen LogP contribution in [-0.2, 0) is 50.1 Å². The third-order valence-corrected chi connectivity index (χ3v) is 7.50. The van der Waals surface area contributed by atoms with Gasteiger partial charge in [0.2, 0.25) is 11.8 Å². The molecule has 0 N–H and O–H groups in total. The monoisotopic (exact) mass is 596 g/mol. The van der Waals surface area contributed by atoms with Gasteiger partial charge in [0.05, 0.1) is 40.5 Å². The summed E-state index contributed by atoms with van der Waals surface area (Å²) in [6.45, 7) is 6.37. The Morgan fingerprint density at radius 2 is 1.23 bits per heavy atom. The molecule has 2 aliphatic rings. The first-order valence-corrected chi connectivity index (χ1v) is 14.6. The fourth-order valence-electron chi connectivity index (χ4n) is 5.18. The van der Waals surface area contributed by atoms with Crippen LogP contribution in [0.3, 0.4) is 0 Å². The summed E-state index contributed by atoms with van der Waals surface area (Å²) in [6.07, 6.45) is 1.76. The van der Waals surface area contributed by atoms with Gasteiger partial charge in [-0.05, 0) is 53.4 Å². The van der Waals surface area contributed by atoms with Crippen molar-refractivity contribution in [2.75, 3.05) is 34.0 Å². The first-order valence-electron chi connectivity index (χ1n) is 14.6. The van der Waals surface area contributed by atoms with Gasteiger partial charge in [-0.3, -0.25) is 14.4 Å². The molecule has 11 heteroatoms. The number of rotatable bonds is 15. The van der Waals surface area contributed by atoms with Crippen LogP contribution in [0.25, 0.3) is 0 Å². The number of fused-ring (bicyclic) bond motifs is 2. The normalized spacial score (nSPS) is 14.0. The van der Waals surface area contributed by atoms with Crippen LogP contribution in [0.5, 0.6) is 23.0 Å². The van der Waals surface area contributed by atoms with E-state index in [0.29, 0.717) is 75.4 Å². The molecule has 1 atom stereocenters. The van der Waals surface area contributed by atoms with Crippen LogP contribution in [0, 0.1) is 5.92 Å². The number of carbonyl (C=O) groups excluding carboxylic acids is 4. The van der Waals surface area contributed by atoms with E-state index >= 15 is 0 Å². The molecule has 0 aromatic heterocycles. The first kappa shape index (κ1) is 31.7. The summed E-state index contributed by atoms with van der Waals surface area (Å²) in [5, 5.41) is 0. The van der Waals surface area contributed by atoms with E-state index < -0.39 is 0 Å². The number of amides is 2. The second-order valence-corrected chi connectivity index (χ2v) is 10.7. The Bertz CT molecular complexity index is 1340. The molecule has 0 aliphatic carbocycles. The second kappa shape index (κ2) is 14.8. The Labute approximate surface area is 252 Å². The van der Waals surface area contributed by atoms with Gasteiger partial charge >= 0.3 is 5.97 Å². The number of hydrogen-bond acceptors (Lipinski definition) is 9. The molecule has 0 radical (unpaired) electrons. The number of carbonyl (C=O) groups is 4. The van der Waals surface area contributed by atoms with Crippen LogP contribution in [0.15, 0.2) is 24.3 Å². The molecular weight excluding hydrogens is 556 g/mol. The van der Waals surface area contributed by atoms with Crippen molar-refractivity contribution in [2.45, 2.75) is 65.7 Å². The molecule has 2 aliphatic heterocycles. The van der Waals surface area contributed by atoms with Gasteiger partial charge in [0.15, 0.2) is 23.0 Å². The van der Waals surface area contributed by atoms with Crippen LogP contribution in [0.4, 0.5) is 0 Å². The zero-order chi connectivity index (χ0) is 30.9. The van der Waals surface area contributed by atoms with Gasteiger partial charge in [-0.2, -0.15) is 0 Å². The van der Waals surface area contributed by atoms with Gasteiger partial charge in [-0.25, -0.2) is 0 Å². The molecule has 2 aromatic rings. The van der Waals surface area contributed by atoms with Crippen LogP contribution >= 0.6 is 0 Å². The van der Waals surface area contributed by atoms with E-state index in [1.165, 1.54) is 0 Å². The van der Waals surface area contributed by atoms with Gasteiger partial charge in [-0.15, -0.1) is 0 Å². The summed E-state index contributed by atoms with van der Waals surface area (Å²) < 4.78 is 28.1. The van der Waals surface area contributed by atoms with Crippen molar-refractivity contribution < 1.29 is 42.9 Å². The maximum atomic E-state index is 12.6. The van der Waals surface area contributed by atoms with Gasteiger partial charge in [0.25, 0.3) is 0 Å². The molecule has 0 fully saturated rings. The van der Waals surface area contributed by atoms with Crippen molar-refractivity contribution in [2.24, 2.45) is 5.92 Å². The van der Waals surface area contributed by atoms with Gasteiger partial charge in [0, 0.05) is 51.4 Å². The molecule has 2 amide bonds. The van der Waals surface area contributed by atoms with E-state index in [-0.39, 0.29) is 43.0 Å². The minimum Gasteiger partial charge on any atom is -0.493 e. The van der Waals surface area contributed by atoms with Crippen LogP contribution in [-0.4, -0.2) is 67.9 Å². The minimum atomic E-state index is -0.372. The number of nitrogens with zero attached hydrogens (tertiary/aromatic N) is 2. The molecule has 11 nitrogen and oxygen atoms in total. The van der Waals surface area contributed by atoms with Crippen molar-refractivity contribution in [3.63, 3.8) is 0 Å². The van der Waals surface area contributed by atoms with Gasteiger partial charge < -0.3 is 38.3 Å². The zero-order valence-electron chi connectivity index (χ0n) is 25.3. The van der Waals surface area contributed by atoms with E-state index in [9.17, 15) is 19.2 Å². The van der Waals surface area contributed by atoms with Crippen LogP contribution in [0.2, 0.25) is 0 Å². The highest BCUT2D eigenvalue weighted by molar-refractivity contribution is 5.82. The number of ether oxygens (including phenoxy) is 5. The summed E-state index contributed by atoms with van der Waals surface area (Å²) in [7, 11) is 3.16. The van der Waals surface area contributed by atoms with E-state index in [1.807, 2.05) is 24.3 Å². The Morgan fingerprint density at radius 3 is 1.67 bits per heavy atom. The summed E-state index contributed by atoms with van der Waals surface area (Å²) in [4.78, 5) is 51.2. The van der Waals surface area contributed by atoms with Crippen molar-refractivity contribution >= 4 is 24.1 Å². The third-order valence-electron chi connectivity index (χ3n) is 7.50. The summed E-state index contributed by atoms with van der Waals surface area (Å²) >= 11 is 0. The highest BCUT2D eigenvalue weighted by atomic mass is 16.5. The Balaban J connectivity index is 1.28. The Morgan fingerprint density at radius 1 is 0.767 bits per heavy atom. The molecule has 2 heterocycles. The molecular formula is C32H40N2O9. The molecule has 0 unspecified atom stereocenters. The Kier molecular flexibility index (Phi) is 10.9. The average Bonchev–Trinajstić information content (AvgIpc) is 3.62. The number of methoxy groups -OCH3 is 2. The minimum absolute atomic E-state index is 0.0512. The van der Waals surface area contributed by atoms with E-state index in [1.54, 1.807) is 37.9 Å². The topological polar surface area (TPSA) is 121 Å². The van der Waals surface area contributed by atoms with Crippen molar-refractivity contribution in [3.8, 4) is 23.0 Å². The maximum absolute atomic E-state index is 12.6. The maximum Gasteiger partial charge on any atom is 0.306 e. The van der Waals surface area contributed by atoms with E-state index in [0.717, 1.165) is 28.5 Å². The lowest BCUT2D eigenvalue weighted by Gasteiger charge is -2.16. The number of hydrogen-bond donors (Lipinski definition) is 0. The summed E-state index contributed by atoms with van der Waals surface area (Å²) in [5.74, 6) is 1.53. The van der Waals surface area contributed by atoms with Crippen LogP contribution < -0.4 is 18.9 Å². The number of aldehydes is 1. The molecule has 43 heavy (non-hydrogen) atoms. The molecule has 0 saturated carbocycles. The SMILES string of the molecule is CCOC(=O)CCC(=O)N1Cc2cc(OC)c(OCCCOc3cc4c(cc3OC)CN(C(=O)C[C@H](C)C=O)C4)cc2C1. The van der Waals surface area contributed by atoms with Gasteiger partial charge in [0.1, 0.15) is 6.29 Å². The number of esters is 1. The predicted octanol–water partition coefficient (Wildman–Crippen LogP) is 3.80.